The quantitative estimate of drug-likeness (QED) is 0.619. The molecule has 1 aliphatic rings. The average molecular weight is 477 g/mol. The van der Waals surface area contributed by atoms with Crippen molar-refractivity contribution in [3.05, 3.63) is 64.5 Å². The summed E-state index contributed by atoms with van der Waals surface area (Å²) in [5, 5.41) is 2.59. The van der Waals surface area contributed by atoms with Crippen molar-refractivity contribution >= 4 is 21.9 Å². The molecule has 0 atom stereocenters. The van der Waals surface area contributed by atoms with Gasteiger partial charge in [0.2, 0.25) is 10.0 Å². The number of halogens is 1. The molecule has 1 fully saturated rings. The highest BCUT2D eigenvalue weighted by molar-refractivity contribution is 7.89. The van der Waals surface area contributed by atoms with Gasteiger partial charge in [0, 0.05) is 19.6 Å². The van der Waals surface area contributed by atoms with E-state index in [2.05, 4.69) is 12.2 Å². The van der Waals surface area contributed by atoms with Crippen molar-refractivity contribution in [2.75, 3.05) is 19.7 Å². The van der Waals surface area contributed by atoms with E-state index in [1.807, 2.05) is 0 Å². The molecule has 0 spiro atoms. The van der Waals surface area contributed by atoms with Gasteiger partial charge in [-0.25, -0.2) is 17.6 Å². The number of ether oxygens (including phenoxy) is 1. The largest absolute Gasteiger partial charge is 0.452 e. The molecule has 1 aliphatic heterocycles. The van der Waals surface area contributed by atoms with Crippen LogP contribution in [0.1, 0.15) is 46.8 Å². The van der Waals surface area contributed by atoms with Gasteiger partial charge in [0.25, 0.3) is 5.91 Å². The van der Waals surface area contributed by atoms with Crippen molar-refractivity contribution in [3.8, 4) is 0 Å². The second kappa shape index (κ2) is 10.4. The summed E-state index contributed by atoms with van der Waals surface area (Å²) < 4.78 is 46.0. The highest BCUT2D eigenvalue weighted by Gasteiger charge is 2.30. The maximum absolute atomic E-state index is 13.2. The highest BCUT2D eigenvalue weighted by Crippen LogP contribution is 2.28. The molecular weight excluding hydrogens is 447 g/mol. The number of nitrogens with zero attached hydrogens (tertiary/aromatic N) is 1. The monoisotopic (exact) mass is 476 g/mol. The maximum atomic E-state index is 13.2. The zero-order chi connectivity index (χ0) is 24.2. The standard InChI is InChI=1S/C24H29FN2O5S/c1-16-8-10-27(11-9-16)33(30,31)22-13-20(12-17(2)18(22)3)24(29)32-15-23(28)26-14-19-4-6-21(25)7-5-19/h4-7,12-13,16H,8-11,14-15H2,1-3H3,(H,26,28). The van der Waals surface area contributed by atoms with Gasteiger partial charge in [0.1, 0.15) is 5.82 Å². The van der Waals surface area contributed by atoms with Crippen molar-refractivity contribution in [1.82, 2.24) is 9.62 Å². The van der Waals surface area contributed by atoms with E-state index in [0.29, 0.717) is 35.7 Å². The number of sulfonamides is 1. The minimum atomic E-state index is -3.75. The Morgan fingerprint density at radius 1 is 1.12 bits per heavy atom. The fourth-order valence-corrected chi connectivity index (χ4v) is 5.44. The van der Waals surface area contributed by atoms with Gasteiger partial charge in [-0.2, -0.15) is 4.31 Å². The first-order valence-corrected chi connectivity index (χ1v) is 12.3. The van der Waals surface area contributed by atoms with Gasteiger partial charge in [0.05, 0.1) is 10.5 Å². The van der Waals surface area contributed by atoms with Gasteiger partial charge in [-0.3, -0.25) is 4.79 Å². The molecule has 0 saturated carbocycles. The Labute approximate surface area is 194 Å². The minimum Gasteiger partial charge on any atom is -0.452 e. The first-order valence-electron chi connectivity index (χ1n) is 10.9. The number of benzene rings is 2. The fraction of sp³-hybridized carbons (Fsp3) is 0.417. The van der Waals surface area contributed by atoms with Gasteiger partial charge in [-0.05, 0) is 73.6 Å². The normalized spacial score (nSPS) is 15.3. The second-order valence-electron chi connectivity index (χ2n) is 8.48. The molecule has 7 nitrogen and oxygen atoms in total. The summed E-state index contributed by atoms with van der Waals surface area (Å²) in [7, 11) is -3.75. The number of nitrogens with one attached hydrogen (secondary N) is 1. The molecule has 2 aromatic carbocycles. The summed E-state index contributed by atoms with van der Waals surface area (Å²) in [5.41, 5.74) is 2.01. The molecule has 0 radical (unpaired) electrons. The van der Waals surface area contributed by atoms with E-state index in [1.54, 1.807) is 32.0 Å². The highest BCUT2D eigenvalue weighted by atomic mass is 32.2. The first kappa shape index (κ1) is 24.9. The second-order valence-corrected chi connectivity index (χ2v) is 10.4. The lowest BCUT2D eigenvalue weighted by Crippen LogP contribution is -2.38. The molecule has 2 aromatic rings. The molecule has 0 bridgehead atoms. The van der Waals surface area contributed by atoms with Gasteiger partial charge in [-0.15, -0.1) is 0 Å². The molecule has 178 valence electrons. The summed E-state index contributed by atoms with van der Waals surface area (Å²) >= 11 is 0. The van der Waals surface area contributed by atoms with Crippen LogP contribution < -0.4 is 5.32 Å². The van der Waals surface area contributed by atoms with Crippen LogP contribution in [0.5, 0.6) is 0 Å². The molecule has 1 N–H and O–H groups in total. The number of amides is 1. The molecule has 3 rings (SSSR count). The van der Waals surface area contributed by atoms with Gasteiger partial charge in [0.15, 0.2) is 6.61 Å². The zero-order valence-corrected chi connectivity index (χ0v) is 19.9. The van der Waals surface area contributed by atoms with E-state index in [9.17, 15) is 22.4 Å². The van der Waals surface area contributed by atoms with Gasteiger partial charge < -0.3 is 10.1 Å². The minimum absolute atomic E-state index is 0.0772. The Morgan fingerprint density at radius 2 is 1.76 bits per heavy atom. The van der Waals surface area contributed by atoms with Crippen molar-refractivity contribution < 1.29 is 27.1 Å². The smallest absolute Gasteiger partial charge is 0.338 e. The topological polar surface area (TPSA) is 92.8 Å². The van der Waals surface area contributed by atoms with Crippen LogP contribution in [0.4, 0.5) is 4.39 Å². The Morgan fingerprint density at radius 3 is 2.39 bits per heavy atom. The van der Waals surface area contributed by atoms with Crippen LogP contribution in [0.15, 0.2) is 41.3 Å². The maximum Gasteiger partial charge on any atom is 0.338 e. The molecule has 1 amide bonds. The number of hydrogen-bond donors (Lipinski definition) is 1. The number of carbonyl (C=O) groups is 2. The summed E-state index contributed by atoms with van der Waals surface area (Å²) in [5.74, 6) is -1.19. The van der Waals surface area contributed by atoms with Crippen LogP contribution in [0.25, 0.3) is 0 Å². The molecule has 0 aliphatic carbocycles. The van der Waals surface area contributed by atoms with Crippen molar-refractivity contribution in [2.45, 2.75) is 45.1 Å². The van der Waals surface area contributed by atoms with Gasteiger partial charge in [-0.1, -0.05) is 19.1 Å². The third-order valence-corrected chi connectivity index (χ3v) is 7.98. The molecule has 1 saturated heterocycles. The van der Waals surface area contributed by atoms with Crippen LogP contribution in [0, 0.1) is 25.6 Å². The lowest BCUT2D eigenvalue weighted by molar-refractivity contribution is -0.124. The SMILES string of the molecule is Cc1cc(C(=O)OCC(=O)NCc2ccc(F)cc2)cc(S(=O)(=O)N2CCC(C)CC2)c1C. The average Bonchev–Trinajstić information content (AvgIpc) is 2.79. The van der Waals surface area contributed by atoms with E-state index in [0.717, 1.165) is 12.8 Å². The Bertz CT molecular complexity index is 1120. The van der Waals surface area contributed by atoms with Crippen LogP contribution in [0.3, 0.4) is 0 Å². The number of esters is 1. The third kappa shape index (κ3) is 6.17. The van der Waals surface area contributed by atoms with Crippen LogP contribution >= 0.6 is 0 Å². The molecule has 0 unspecified atom stereocenters. The fourth-order valence-electron chi connectivity index (χ4n) is 3.65. The number of carbonyl (C=O) groups excluding carboxylic acids is 2. The predicted octanol–water partition coefficient (Wildman–Crippen LogP) is 3.34. The number of aryl methyl sites for hydroxylation is 1. The van der Waals surface area contributed by atoms with Crippen molar-refractivity contribution in [2.24, 2.45) is 5.92 Å². The number of piperidine rings is 1. The summed E-state index contributed by atoms with van der Waals surface area (Å²) in [6, 6.07) is 8.55. The van der Waals surface area contributed by atoms with Crippen molar-refractivity contribution in [1.29, 1.82) is 0 Å². The van der Waals surface area contributed by atoms with E-state index < -0.39 is 28.5 Å². The molecular formula is C24H29FN2O5S. The zero-order valence-electron chi connectivity index (χ0n) is 19.1. The van der Waals surface area contributed by atoms with E-state index in [4.69, 9.17) is 4.74 Å². The predicted molar refractivity (Wildman–Crippen MR) is 122 cm³/mol. The Balaban J connectivity index is 1.66. The molecule has 1 heterocycles. The molecule has 0 aromatic heterocycles. The molecule has 9 heteroatoms. The summed E-state index contributed by atoms with van der Waals surface area (Å²) in [4.78, 5) is 24.7. The third-order valence-electron chi connectivity index (χ3n) is 5.95. The summed E-state index contributed by atoms with van der Waals surface area (Å²) in [6.07, 6.45) is 1.60. The first-order chi connectivity index (χ1) is 15.6. The lowest BCUT2D eigenvalue weighted by atomic mass is 10.0. The van der Waals surface area contributed by atoms with Crippen LogP contribution in [-0.4, -0.2) is 44.3 Å². The van der Waals surface area contributed by atoms with Gasteiger partial charge >= 0.3 is 5.97 Å². The Kier molecular flexibility index (Phi) is 7.86. The van der Waals surface area contributed by atoms with E-state index >= 15 is 0 Å². The van der Waals surface area contributed by atoms with E-state index in [1.165, 1.54) is 22.5 Å². The van der Waals surface area contributed by atoms with Crippen LogP contribution in [-0.2, 0) is 26.1 Å². The lowest BCUT2D eigenvalue weighted by Gasteiger charge is -2.30. The number of rotatable bonds is 7. The Hall–Kier alpha value is -2.78. The molecule has 33 heavy (non-hydrogen) atoms. The number of hydrogen-bond acceptors (Lipinski definition) is 5. The van der Waals surface area contributed by atoms with E-state index in [-0.39, 0.29) is 22.8 Å². The van der Waals surface area contributed by atoms with Crippen molar-refractivity contribution in [3.63, 3.8) is 0 Å². The summed E-state index contributed by atoms with van der Waals surface area (Å²) in [6.45, 7) is 6.10. The van der Waals surface area contributed by atoms with Crippen LogP contribution in [0.2, 0.25) is 0 Å².